The molecule has 1 saturated carbocycles. The van der Waals surface area contributed by atoms with Crippen molar-refractivity contribution < 1.29 is 26.4 Å². The first-order valence-corrected chi connectivity index (χ1v) is 12.3. The first-order valence-electron chi connectivity index (χ1n) is 10.4. The number of carbonyl (C=O) groups is 1. The minimum absolute atomic E-state index is 0.164. The molecule has 1 aliphatic carbocycles. The van der Waals surface area contributed by atoms with Gasteiger partial charge in [0.2, 0.25) is 0 Å². The largest absolute Gasteiger partial charge is 0.416 e. The lowest BCUT2D eigenvalue weighted by Crippen LogP contribution is -2.29. The molecule has 0 unspecified atom stereocenters. The minimum Gasteiger partial charge on any atom is -0.342 e. The normalized spacial score (nSPS) is 14.9. The Hall–Kier alpha value is -3.79. The number of rotatable bonds is 6. The minimum atomic E-state index is -4.85. The zero-order chi connectivity index (χ0) is 25.5. The van der Waals surface area contributed by atoms with Crippen molar-refractivity contribution in [2.45, 2.75) is 42.8 Å². The van der Waals surface area contributed by atoms with Crippen LogP contribution >= 0.6 is 0 Å². The summed E-state index contributed by atoms with van der Waals surface area (Å²) < 4.78 is 65.2. The van der Waals surface area contributed by atoms with Crippen LogP contribution in [0, 0.1) is 11.3 Å². The maximum absolute atomic E-state index is 13.3. The fraction of sp³-hybridized carbons (Fsp3) is 0.318. The topological polar surface area (TPSA) is 131 Å². The quantitative estimate of drug-likeness (QED) is 0.545. The molecular formula is C22H19F3N6O3S. The van der Waals surface area contributed by atoms with Crippen LogP contribution in [0.3, 0.4) is 0 Å². The number of amides is 1. The summed E-state index contributed by atoms with van der Waals surface area (Å²) in [6.45, 7) is 1.57. The summed E-state index contributed by atoms with van der Waals surface area (Å²) in [7, 11) is -4.01. The molecule has 9 nitrogen and oxygen atoms in total. The van der Waals surface area contributed by atoms with E-state index in [4.69, 9.17) is 5.26 Å². The number of nitriles is 1. The average molecular weight is 504 g/mol. The monoisotopic (exact) mass is 504 g/mol. The lowest BCUT2D eigenvalue weighted by atomic mass is 10.1. The van der Waals surface area contributed by atoms with Crippen LogP contribution in [0.25, 0.3) is 5.82 Å². The summed E-state index contributed by atoms with van der Waals surface area (Å²) >= 11 is 0. The molecule has 1 N–H and O–H groups in total. The Balaban J connectivity index is 1.68. The number of hydrogen-bond acceptors (Lipinski definition) is 7. The number of nitrogens with zero attached hydrogens (tertiary/aromatic N) is 5. The molecule has 0 aliphatic heterocycles. The number of hydrogen-bond donors (Lipinski definition) is 1. The van der Waals surface area contributed by atoms with Crippen LogP contribution in [0.15, 0.2) is 41.4 Å². The van der Waals surface area contributed by atoms with Crippen molar-refractivity contribution in [1.29, 1.82) is 5.26 Å². The van der Waals surface area contributed by atoms with E-state index in [2.05, 4.69) is 20.4 Å². The number of nitrogens with one attached hydrogen (secondary N) is 1. The van der Waals surface area contributed by atoms with Gasteiger partial charge >= 0.3 is 6.18 Å². The van der Waals surface area contributed by atoms with Crippen molar-refractivity contribution in [2.24, 2.45) is 0 Å². The molecule has 1 atom stereocenters. The van der Waals surface area contributed by atoms with Gasteiger partial charge in [0.05, 0.1) is 22.1 Å². The molecule has 1 aliphatic rings. The van der Waals surface area contributed by atoms with Crippen LogP contribution in [0.5, 0.6) is 0 Å². The van der Waals surface area contributed by atoms with Crippen molar-refractivity contribution >= 4 is 15.7 Å². The highest BCUT2D eigenvalue weighted by Crippen LogP contribution is 2.39. The standard InChI is InChI=1S/C22H19F3N6O3S/c1-12(28-21(32)15-7-16(22(23,24)25)9-17(8-15)35(2,33)34)20-29-19(14-4-5-14)30-31(20)18-6-3-13(10-26)11-27-18/h3,6-9,11-12,14H,4-5H2,1-2H3,(H,28,32)/t12-/m0/s1. The number of sulfone groups is 1. The van der Waals surface area contributed by atoms with Gasteiger partial charge in [0.25, 0.3) is 5.91 Å². The van der Waals surface area contributed by atoms with Gasteiger partial charge in [-0.3, -0.25) is 4.79 Å². The van der Waals surface area contributed by atoms with Crippen molar-refractivity contribution in [3.63, 3.8) is 0 Å². The molecular weight excluding hydrogens is 485 g/mol. The molecule has 35 heavy (non-hydrogen) atoms. The molecule has 2 aromatic heterocycles. The Morgan fingerprint density at radius 1 is 1.26 bits per heavy atom. The number of alkyl halides is 3. The second-order valence-corrected chi connectivity index (χ2v) is 10.3. The third-order valence-electron chi connectivity index (χ3n) is 5.34. The maximum Gasteiger partial charge on any atom is 0.416 e. The van der Waals surface area contributed by atoms with Crippen molar-refractivity contribution in [3.8, 4) is 11.9 Å². The third-order valence-corrected chi connectivity index (χ3v) is 6.44. The first-order chi connectivity index (χ1) is 16.4. The summed E-state index contributed by atoms with van der Waals surface area (Å²) in [5, 5.41) is 16.0. The van der Waals surface area contributed by atoms with Crippen molar-refractivity contribution in [2.75, 3.05) is 6.26 Å². The van der Waals surface area contributed by atoms with Gasteiger partial charge in [0.1, 0.15) is 6.07 Å². The Morgan fingerprint density at radius 2 is 1.97 bits per heavy atom. The molecule has 13 heteroatoms. The molecule has 0 spiro atoms. The highest BCUT2D eigenvalue weighted by atomic mass is 32.2. The molecule has 0 radical (unpaired) electrons. The predicted octanol–water partition coefficient (Wildman–Crippen LogP) is 3.32. The zero-order valence-corrected chi connectivity index (χ0v) is 19.4. The Kier molecular flexibility index (Phi) is 6.10. The van der Waals surface area contributed by atoms with E-state index in [1.165, 1.54) is 10.9 Å². The van der Waals surface area contributed by atoms with E-state index >= 15 is 0 Å². The van der Waals surface area contributed by atoms with Crippen LogP contribution < -0.4 is 5.32 Å². The Labute approximate surface area is 198 Å². The highest BCUT2D eigenvalue weighted by molar-refractivity contribution is 7.90. The molecule has 0 saturated heterocycles. The van der Waals surface area contributed by atoms with Gasteiger partial charge in [-0.25, -0.2) is 18.4 Å². The fourth-order valence-corrected chi connectivity index (χ4v) is 4.02. The second-order valence-electron chi connectivity index (χ2n) is 8.24. The van der Waals surface area contributed by atoms with Crippen LogP contribution in [-0.2, 0) is 16.0 Å². The summed E-state index contributed by atoms with van der Waals surface area (Å²) in [6, 6.07) is 6.23. The number of pyridine rings is 1. The van der Waals surface area contributed by atoms with Gasteiger partial charge in [-0.05, 0) is 50.1 Å². The smallest absolute Gasteiger partial charge is 0.342 e. The van der Waals surface area contributed by atoms with Crippen LogP contribution in [0.4, 0.5) is 13.2 Å². The average Bonchev–Trinajstić information content (AvgIpc) is 3.55. The number of aromatic nitrogens is 4. The van der Waals surface area contributed by atoms with Gasteiger partial charge in [0.15, 0.2) is 27.3 Å². The van der Waals surface area contributed by atoms with Crippen molar-refractivity contribution in [3.05, 3.63) is 64.9 Å². The molecule has 3 aromatic rings. The van der Waals surface area contributed by atoms with E-state index in [0.29, 0.717) is 29.3 Å². The molecule has 182 valence electrons. The molecule has 1 amide bonds. The van der Waals surface area contributed by atoms with E-state index in [1.807, 2.05) is 6.07 Å². The van der Waals surface area contributed by atoms with E-state index in [0.717, 1.165) is 25.2 Å². The number of halogens is 3. The summed E-state index contributed by atoms with van der Waals surface area (Å²) in [4.78, 5) is 21.0. The van der Waals surface area contributed by atoms with Gasteiger partial charge in [-0.1, -0.05) is 0 Å². The van der Waals surface area contributed by atoms with Crippen LogP contribution in [0.2, 0.25) is 0 Å². The lowest BCUT2D eigenvalue weighted by Gasteiger charge is -2.16. The zero-order valence-electron chi connectivity index (χ0n) is 18.5. The van der Waals surface area contributed by atoms with Gasteiger partial charge in [-0.2, -0.15) is 23.1 Å². The third kappa shape index (κ3) is 5.32. The van der Waals surface area contributed by atoms with Gasteiger partial charge in [0, 0.05) is 23.9 Å². The second kappa shape index (κ2) is 8.77. The molecule has 2 heterocycles. The van der Waals surface area contributed by atoms with E-state index in [-0.39, 0.29) is 11.7 Å². The molecule has 4 rings (SSSR count). The molecule has 1 fully saturated rings. The van der Waals surface area contributed by atoms with Crippen LogP contribution in [0.1, 0.15) is 64.9 Å². The SMILES string of the molecule is C[C@H](NC(=O)c1cc(C(F)(F)F)cc(S(C)(=O)=O)c1)c1nc(C2CC2)nn1-c1ccc(C#N)cn1. The van der Waals surface area contributed by atoms with Crippen LogP contribution in [-0.4, -0.2) is 40.3 Å². The lowest BCUT2D eigenvalue weighted by molar-refractivity contribution is -0.137. The Bertz CT molecular complexity index is 1440. The maximum atomic E-state index is 13.3. The highest BCUT2D eigenvalue weighted by Gasteiger charge is 2.34. The van der Waals surface area contributed by atoms with E-state index in [9.17, 15) is 26.4 Å². The summed E-state index contributed by atoms with van der Waals surface area (Å²) in [6.07, 6.45) is -0.912. The number of carbonyl (C=O) groups excluding carboxylic acids is 1. The van der Waals surface area contributed by atoms with E-state index in [1.54, 1.807) is 19.1 Å². The molecule has 0 bridgehead atoms. The predicted molar refractivity (Wildman–Crippen MR) is 116 cm³/mol. The van der Waals surface area contributed by atoms with Gasteiger partial charge < -0.3 is 5.32 Å². The summed E-state index contributed by atoms with van der Waals surface area (Å²) in [5.74, 6) is 0.428. The number of benzene rings is 1. The summed E-state index contributed by atoms with van der Waals surface area (Å²) in [5.41, 5.74) is -1.37. The first kappa shape index (κ1) is 24.3. The fourth-order valence-electron chi connectivity index (χ4n) is 3.33. The van der Waals surface area contributed by atoms with Crippen molar-refractivity contribution in [1.82, 2.24) is 25.1 Å². The van der Waals surface area contributed by atoms with Gasteiger partial charge in [-0.15, -0.1) is 5.10 Å². The van der Waals surface area contributed by atoms with E-state index < -0.39 is 44.0 Å². The Morgan fingerprint density at radius 3 is 2.51 bits per heavy atom. The molecule has 1 aromatic carbocycles.